The number of benzene rings is 1. The number of hydrogen-bond donors (Lipinski definition) is 2. The maximum absolute atomic E-state index is 11.3. The van der Waals surface area contributed by atoms with Gasteiger partial charge in [0.1, 0.15) is 5.75 Å². The van der Waals surface area contributed by atoms with E-state index in [-0.39, 0.29) is 18.6 Å². The van der Waals surface area contributed by atoms with E-state index < -0.39 is 0 Å². The summed E-state index contributed by atoms with van der Waals surface area (Å²) in [6, 6.07) is 5.89. The Morgan fingerprint density at radius 2 is 2.33 bits per heavy atom. The van der Waals surface area contributed by atoms with Crippen LogP contribution in [-0.2, 0) is 16.0 Å². The van der Waals surface area contributed by atoms with Gasteiger partial charge < -0.3 is 20.1 Å². The van der Waals surface area contributed by atoms with Gasteiger partial charge in [-0.3, -0.25) is 4.79 Å². The molecule has 3 rings (SSSR count). The molecule has 0 saturated carbocycles. The normalized spacial score (nSPS) is 22.9. The fraction of sp³-hybridized carbons (Fsp3) is 0.462. The molecule has 0 aromatic heterocycles. The molecule has 1 aromatic rings. The summed E-state index contributed by atoms with van der Waals surface area (Å²) < 4.78 is 11.0. The van der Waals surface area contributed by atoms with Crippen LogP contribution in [0.15, 0.2) is 18.2 Å². The van der Waals surface area contributed by atoms with Crippen LogP contribution >= 0.6 is 0 Å². The van der Waals surface area contributed by atoms with E-state index in [0.717, 1.165) is 43.1 Å². The van der Waals surface area contributed by atoms with Crippen molar-refractivity contribution in [3.63, 3.8) is 0 Å². The van der Waals surface area contributed by atoms with Gasteiger partial charge in [-0.05, 0) is 24.1 Å². The Kier molecular flexibility index (Phi) is 3.17. The number of carbonyl (C=O) groups excluding carboxylic acids is 1. The molecule has 2 heterocycles. The zero-order valence-corrected chi connectivity index (χ0v) is 10.1. The van der Waals surface area contributed by atoms with Crippen LogP contribution in [0.2, 0.25) is 0 Å². The van der Waals surface area contributed by atoms with Crippen LogP contribution in [0.25, 0.3) is 0 Å². The molecule has 1 atom stereocenters. The summed E-state index contributed by atoms with van der Waals surface area (Å²) in [5, 5.41) is 6.12. The number of nitrogens with one attached hydrogen (secondary N) is 2. The molecule has 0 aliphatic carbocycles. The molecule has 5 nitrogen and oxygen atoms in total. The number of fused-ring (bicyclic) bond motifs is 1. The lowest BCUT2D eigenvalue weighted by Gasteiger charge is -2.24. The lowest BCUT2D eigenvalue weighted by atomic mass is 10.1. The van der Waals surface area contributed by atoms with Crippen LogP contribution in [0.3, 0.4) is 0 Å². The van der Waals surface area contributed by atoms with Gasteiger partial charge in [-0.2, -0.15) is 0 Å². The predicted octanol–water partition coefficient (Wildman–Crippen LogP) is 0.548. The number of ether oxygens (including phenoxy) is 2. The molecule has 2 aliphatic rings. The SMILES string of the molecule is O=C1COc2ccc(CC3CNCCO3)cc2N1. The van der Waals surface area contributed by atoms with Crippen molar-refractivity contribution >= 4 is 11.6 Å². The van der Waals surface area contributed by atoms with E-state index in [2.05, 4.69) is 10.6 Å². The standard InChI is InChI=1S/C13H16N2O3/c16-13-8-18-12-2-1-9(6-11(12)15-13)5-10-7-14-3-4-17-10/h1-2,6,10,14H,3-5,7-8H2,(H,15,16). The average molecular weight is 248 g/mol. The molecule has 0 radical (unpaired) electrons. The zero-order chi connectivity index (χ0) is 12.4. The van der Waals surface area contributed by atoms with Crippen LogP contribution in [-0.4, -0.2) is 38.3 Å². The van der Waals surface area contributed by atoms with Crippen LogP contribution in [0.5, 0.6) is 5.75 Å². The Hall–Kier alpha value is -1.59. The van der Waals surface area contributed by atoms with E-state index in [1.165, 1.54) is 0 Å². The smallest absolute Gasteiger partial charge is 0.262 e. The maximum atomic E-state index is 11.3. The summed E-state index contributed by atoms with van der Waals surface area (Å²) in [6.45, 7) is 2.65. The molecule has 5 heteroatoms. The fourth-order valence-corrected chi connectivity index (χ4v) is 2.27. The van der Waals surface area contributed by atoms with Crippen molar-refractivity contribution in [2.24, 2.45) is 0 Å². The van der Waals surface area contributed by atoms with E-state index in [0.29, 0.717) is 0 Å². The third kappa shape index (κ3) is 2.47. The van der Waals surface area contributed by atoms with Crippen molar-refractivity contribution in [3.8, 4) is 5.75 Å². The number of hydrogen-bond acceptors (Lipinski definition) is 4. The van der Waals surface area contributed by atoms with Crippen molar-refractivity contribution in [1.82, 2.24) is 5.32 Å². The topological polar surface area (TPSA) is 59.6 Å². The number of morpholine rings is 1. The minimum absolute atomic E-state index is 0.0992. The summed E-state index contributed by atoms with van der Waals surface area (Å²) in [5.74, 6) is 0.635. The van der Waals surface area contributed by atoms with Gasteiger partial charge in [-0.1, -0.05) is 6.07 Å². The number of amides is 1. The second-order valence-corrected chi connectivity index (χ2v) is 4.57. The Morgan fingerprint density at radius 1 is 1.39 bits per heavy atom. The van der Waals surface area contributed by atoms with Gasteiger partial charge in [-0.25, -0.2) is 0 Å². The molecule has 1 saturated heterocycles. The Labute approximate surface area is 105 Å². The molecular formula is C13H16N2O3. The van der Waals surface area contributed by atoms with Crippen molar-refractivity contribution in [3.05, 3.63) is 23.8 Å². The minimum Gasteiger partial charge on any atom is -0.482 e. The van der Waals surface area contributed by atoms with Gasteiger partial charge in [0.2, 0.25) is 0 Å². The van der Waals surface area contributed by atoms with Crippen molar-refractivity contribution in [2.75, 3.05) is 31.6 Å². The first kappa shape index (κ1) is 11.5. The molecule has 2 aliphatic heterocycles. The summed E-state index contributed by atoms with van der Waals surface area (Å²) in [5.41, 5.74) is 1.90. The molecule has 2 N–H and O–H groups in total. The summed E-state index contributed by atoms with van der Waals surface area (Å²) >= 11 is 0. The fourth-order valence-electron chi connectivity index (χ4n) is 2.27. The molecular weight excluding hydrogens is 232 g/mol. The molecule has 96 valence electrons. The van der Waals surface area contributed by atoms with E-state index in [1.807, 2.05) is 18.2 Å². The van der Waals surface area contributed by atoms with Crippen LogP contribution in [0.1, 0.15) is 5.56 Å². The quantitative estimate of drug-likeness (QED) is 0.802. The average Bonchev–Trinajstić information content (AvgIpc) is 2.39. The summed E-state index contributed by atoms with van der Waals surface area (Å²) in [4.78, 5) is 11.3. The highest BCUT2D eigenvalue weighted by Crippen LogP contribution is 2.29. The molecule has 1 aromatic carbocycles. The molecule has 1 amide bonds. The molecule has 18 heavy (non-hydrogen) atoms. The molecule has 1 unspecified atom stereocenters. The maximum Gasteiger partial charge on any atom is 0.262 e. The van der Waals surface area contributed by atoms with E-state index in [1.54, 1.807) is 0 Å². The largest absolute Gasteiger partial charge is 0.482 e. The van der Waals surface area contributed by atoms with Crippen LogP contribution < -0.4 is 15.4 Å². The van der Waals surface area contributed by atoms with Gasteiger partial charge in [-0.15, -0.1) is 0 Å². The Bertz CT molecular complexity index is 456. The van der Waals surface area contributed by atoms with Crippen LogP contribution in [0, 0.1) is 0 Å². The van der Waals surface area contributed by atoms with Crippen molar-refractivity contribution < 1.29 is 14.3 Å². The van der Waals surface area contributed by atoms with Crippen LogP contribution in [0.4, 0.5) is 5.69 Å². The first-order valence-electron chi connectivity index (χ1n) is 6.19. The van der Waals surface area contributed by atoms with Gasteiger partial charge in [0.25, 0.3) is 5.91 Å². The monoisotopic (exact) mass is 248 g/mol. The number of rotatable bonds is 2. The lowest BCUT2D eigenvalue weighted by molar-refractivity contribution is -0.118. The highest BCUT2D eigenvalue weighted by Gasteiger charge is 2.18. The summed E-state index contributed by atoms with van der Waals surface area (Å²) in [7, 11) is 0. The van der Waals surface area contributed by atoms with Gasteiger partial charge in [0.05, 0.1) is 18.4 Å². The number of anilines is 1. The first-order chi connectivity index (χ1) is 8.81. The molecule has 0 spiro atoms. The highest BCUT2D eigenvalue weighted by molar-refractivity contribution is 5.95. The van der Waals surface area contributed by atoms with Gasteiger partial charge in [0.15, 0.2) is 6.61 Å². The number of carbonyl (C=O) groups is 1. The first-order valence-corrected chi connectivity index (χ1v) is 6.19. The molecule has 0 bridgehead atoms. The second-order valence-electron chi connectivity index (χ2n) is 4.57. The third-order valence-corrected chi connectivity index (χ3v) is 3.14. The Balaban J connectivity index is 1.73. The van der Waals surface area contributed by atoms with Crippen molar-refractivity contribution in [1.29, 1.82) is 0 Å². The highest BCUT2D eigenvalue weighted by atomic mass is 16.5. The van der Waals surface area contributed by atoms with Gasteiger partial charge in [0, 0.05) is 13.1 Å². The van der Waals surface area contributed by atoms with Crippen molar-refractivity contribution in [2.45, 2.75) is 12.5 Å². The van der Waals surface area contributed by atoms with E-state index in [9.17, 15) is 4.79 Å². The predicted molar refractivity (Wildman–Crippen MR) is 66.9 cm³/mol. The Morgan fingerprint density at radius 3 is 3.17 bits per heavy atom. The van der Waals surface area contributed by atoms with E-state index >= 15 is 0 Å². The van der Waals surface area contributed by atoms with E-state index in [4.69, 9.17) is 9.47 Å². The molecule has 1 fully saturated rings. The third-order valence-electron chi connectivity index (χ3n) is 3.14. The minimum atomic E-state index is -0.102. The second kappa shape index (κ2) is 4.96. The van der Waals surface area contributed by atoms with Gasteiger partial charge >= 0.3 is 0 Å². The summed E-state index contributed by atoms with van der Waals surface area (Å²) in [6.07, 6.45) is 1.05. The zero-order valence-electron chi connectivity index (χ0n) is 10.1. The lowest BCUT2D eigenvalue weighted by Crippen LogP contribution is -2.39.